The Balaban J connectivity index is 1.41. The van der Waals surface area contributed by atoms with Crippen molar-refractivity contribution in [3.05, 3.63) is 89.2 Å². The highest BCUT2D eigenvalue weighted by Crippen LogP contribution is 2.21. The maximum atomic E-state index is 13.3. The van der Waals surface area contributed by atoms with Crippen LogP contribution in [0.1, 0.15) is 18.2 Å². The van der Waals surface area contributed by atoms with Crippen LogP contribution in [0.15, 0.2) is 77.8 Å². The number of benzene rings is 2. The first-order valence-corrected chi connectivity index (χ1v) is 14.6. The minimum Gasteiger partial charge on any atom is -0.484 e. The molecular weight excluding hydrogens is 556 g/mol. The average Bonchev–Trinajstić information content (AvgIpc) is 2.99. The first-order chi connectivity index (χ1) is 19.2. The van der Waals surface area contributed by atoms with Crippen LogP contribution >= 0.6 is 11.6 Å². The lowest BCUT2D eigenvalue weighted by Gasteiger charge is -2.29. The van der Waals surface area contributed by atoms with Crippen molar-refractivity contribution in [2.24, 2.45) is 0 Å². The number of nitrogens with one attached hydrogen (secondary N) is 1. The van der Waals surface area contributed by atoms with Crippen LogP contribution in [0.3, 0.4) is 0 Å². The third kappa shape index (κ3) is 7.79. The molecule has 1 N–H and O–H groups in total. The molecule has 40 heavy (non-hydrogen) atoms. The normalized spacial score (nSPS) is 14.8. The summed E-state index contributed by atoms with van der Waals surface area (Å²) in [6.07, 6.45) is 1.64. The number of carbonyl (C=O) groups is 2. The van der Waals surface area contributed by atoms with Crippen molar-refractivity contribution in [1.29, 1.82) is 0 Å². The van der Waals surface area contributed by atoms with Crippen molar-refractivity contribution in [1.82, 2.24) is 19.5 Å². The standard InChI is InChI=1S/C28H31ClN4O6S/c1-21(28(35)31-18-24-4-2-3-13-30-24)33(19-22-5-7-23(29)8-6-22)27(34)20-39-25-9-11-26(12-10-25)40(36,37)32-14-16-38-17-15-32/h2-13,21H,14-20H2,1H3,(H,31,35)/t21-/m1/s1. The summed E-state index contributed by atoms with van der Waals surface area (Å²) in [5.74, 6) is -0.431. The zero-order chi connectivity index (χ0) is 28.5. The number of nitrogens with zero attached hydrogens (tertiary/aromatic N) is 3. The van der Waals surface area contributed by atoms with Gasteiger partial charge < -0.3 is 19.7 Å². The lowest BCUT2D eigenvalue weighted by Crippen LogP contribution is -2.48. The van der Waals surface area contributed by atoms with E-state index < -0.39 is 22.0 Å². The van der Waals surface area contributed by atoms with Gasteiger partial charge in [0.1, 0.15) is 11.8 Å². The van der Waals surface area contributed by atoms with Gasteiger partial charge in [-0.2, -0.15) is 4.31 Å². The Bertz CT molecular complexity index is 1380. The Morgan fingerprint density at radius 2 is 1.77 bits per heavy atom. The molecule has 212 valence electrons. The van der Waals surface area contributed by atoms with E-state index in [1.165, 1.54) is 33.5 Å². The number of halogens is 1. The number of hydrogen-bond donors (Lipinski definition) is 1. The second kappa shape index (κ2) is 13.7. The van der Waals surface area contributed by atoms with Gasteiger partial charge in [-0.05, 0) is 61.0 Å². The Kier molecular flexibility index (Phi) is 10.1. The zero-order valence-corrected chi connectivity index (χ0v) is 23.6. The second-order valence-corrected chi connectivity index (χ2v) is 11.5. The van der Waals surface area contributed by atoms with Crippen LogP contribution in [0.5, 0.6) is 5.75 Å². The predicted molar refractivity (Wildman–Crippen MR) is 149 cm³/mol. The maximum absolute atomic E-state index is 13.3. The molecule has 1 aromatic heterocycles. The number of rotatable bonds is 11. The third-order valence-corrected chi connectivity index (χ3v) is 8.56. The van der Waals surface area contributed by atoms with Gasteiger partial charge in [-0.25, -0.2) is 8.42 Å². The van der Waals surface area contributed by atoms with Gasteiger partial charge in [0.05, 0.1) is 30.3 Å². The van der Waals surface area contributed by atoms with E-state index in [4.69, 9.17) is 21.1 Å². The Labute approximate surface area is 238 Å². The van der Waals surface area contributed by atoms with Gasteiger partial charge in [0.25, 0.3) is 5.91 Å². The van der Waals surface area contributed by atoms with Crippen LogP contribution < -0.4 is 10.1 Å². The largest absolute Gasteiger partial charge is 0.484 e. The maximum Gasteiger partial charge on any atom is 0.261 e. The number of carbonyl (C=O) groups excluding carboxylic acids is 2. The molecule has 1 aliphatic rings. The van der Waals surface area contributed by atoms with Gasteiger partial charge in [0, 0.05) is 30.9 Å². The van der Waals surface area contributed by atoms with Crippen LogP contribution in [0, 0.1) is 0 Å². The predicted octanol–water partition coefficient (Wildman–Crippen LogP) is 2.87. The number of hydrogen-bond acceptors (Lipinski definition) is 7. The van der Waals surface area contributed by atoms with E-state index in [1.54, 1.807) is 49.5 Å². The van der Waals surface area contributed by atoms with Crippen molar-refractivity contribution in [3.8, 4) is 5.75 Å². The summed E-state index contributed by atoms with van der Waals surface area (Å²) in [4.78, 5) is 32.1. The van der Waals surface area contributed by atoms with Gasteiger partial charge in [-0.1, -0.05) is 29.8 Å². The number of aromatic nitrogens is 1. The molecule has 0 spiro atoms. The number of morpholine rings is 1. The Hall–Kier alpha value is -3.51. The van der Waals surface area contributed by atoms with Crippen LogP contribution in [0.25, 0.3) is 0 Å². The molecular formula is C28H31ClN4O6S. The third-order valence-electron chi connectivity index (χ3n) is 6.40. The molecule has 3 aromatic rings. The highest BCUT2D eigenvalue weighted by atomic mass is 35.5. The van der Waals surface area contributed by atoms with Gasteiger partial charge in [-0.3, -0.25) is 14.6 Å². The van der Waals surface area contributed by atoms with E-state index in [0.29, 0.717) is 42.8 Å². The summed E-state index contributed by atoms with van der Waals surface area (Å²) in [7, 11) is -3.64. The monoisotopic (exact) mass is 586 g/mol. The number of pyridine rings is 1. The number of sulfonamides is 1. The quantitative estimate of drug-likeness (QED) is 0.367. The summed E-state index contributed by atoms with van der Waals surface area (Å²) in [6, 6.07) is 17.5. The fourth-order valence-electron chi connectivity index (χ4n) is 4.07. The molecule has 2 amide bonds. The molecule has 0 bridgehead atoms. The summed E-state index contributed by atoms with van der Waals surface area (Å²) in [5, 5.41) is 3.38. The molecule has 1 saturated heterocycles. The van der Waals surface area contributed by atoms with E-state index in [1.807, 2.05) is 6.07 Å². The fraction of sp³-hybridized carbons (Fsp3) is 0.321. The molecule has 2 heterocycles. The Morgan fingerprint density at radius 3 is 2.42 bits per heavy atom. The number of ether oxygens (including phenoxy) is 2. The summed E-state index contributed by atoms with van der Waals surface area (Å²) < 4.78 is 38.0. The van der Waals surface area contributed by atoms with Crippen molar-refractivity contribution >= 4 is 33.4 Å². The molecule has 1 atom stereocenters. The molecule has 0 radical (unpaired) electrons. The van der Waals surface area contributed by atoms with Gasteiger partial charge in [0.2, 0.25) is 15.9 Å². The molecule has 2 aromatic carbocycles. The topological polar surface area (TPSA) is 118 Å². The van der Waals surface area contributed by atoms with E-state index in [2.05, 4.69) is 10.3 Å². The SMILES string of the molecule is C[C@H](C(=O)NCc1ccccn1)N(Cc1ccc(Cl)cc1)C(=O)COc1ccc(S(=O)(=O)N2CCOCC2)cc1. The molecule has 0 unspecified atom stereocenters. The van der Waals surface area contributed by atoms with E-state index >= 15 is 0 Å². The first kappa shape index (κ1) is 29.5. The van der Waals surface area contributed by atoms with Crippen molar-refractivity contribution in [2.45, 2.75) is 31.0 Å². The molecule has 1 fully saturated rings. The van der Waals surface area contributed by atoms with Gasteiger partial charge in [-0.15, -0.1) is 0 Å². The highest BCUT2D eigenvalue weighted by molar-refractivity contribution is 7.89. The molecule has 0 aliphatic carbocycles. The highest BCUT2D eigenvalue weighted by Gasteiger charge is 2.28. The minimum atomic E-state index is -3.64. The van der Waals surface area contributed by atoms with Crippen molar-refractivity contribution < 1.29 is 27.5 Å². The lowest BCUT2D eigenvalue weighted by atomic mass is 10.1. The van der Waals surface area contributed by atoms with Gasteiger partial charge >= 0.3 is 0 Å². The first-order valence-electron chi connectivity index (χ1n) is 12.8. The Morgan fingerprint density at radius 1 is 1.07 bits per heavy atom. The van der Waals surface area contributed by atoms with E-state index in [0.717, 1.165) is 5.56 Å². The van der Waals surface area contributed by atoms with Gasteiger partial charge in [0.15, 0.2) is 6.61 Å². The van der Waals surface area contributed by atoms with Crippen molar-refractivity contribution in [2.75, 3.05) is 32.9 Å². The lowest BCUT2D eigenvalue weighted by molar-refractivity contribution is -0.142. The second-order valence-electron chi connectivity index (χ2n) is 9.14. The van der Waals surface area contributed by atoms with Crippen LogP contribution in [0.4, 0.5) is 0 Å². The number of amides is 2. The molecule has 0 saturated carbocycles. The van der Waals surface area contributed by atoms with Crippen LogP contribution in [0.2, 0.25) is 5.02 Å². The molecule has 4 rings (SSSR count). The van der Waals surface area contributed by atoms with E-state index in [-0.39, 0.29) is 30.5 Å². The average molecular weight is 587 g/mol. The molecule has 1 aliphatic heterocycles. The summed E-state index contributed by atoms with van der Waals surface area (Å²) in [5.41, 5.74) is 1.49. The van der Waals surface area contributed by atoms with Crippen LogP contribution in [-0.2, 0) is 37.4 Å². The minimum absolute atomic E-state index is 0.135. The van der Waals surface area contributed by atoms with Crippen LogP contribution in [-0.4, -0.2) is 73.4 Å². The summed E-state index contributed by atoms with van der Waals surface area (Å²) >= 11 is 6.01. The smallest absolute Gasteiger partial charge is 0.261 e. The summed E-state index contributed by atoms with van der Waals surface area (Å²) in [6.45, 7) is 2.99. The molecule has 10 nitrogen and oxygen atoms in total. The van der Waals surface area contributed by atoms with Crippen molar-refractivity contribution in [3.63, 3.8) is 0 Å². The van der Waals surface area contributed by atoms with E-state index in [9.17, 15) is 18.0 Å². The fourth-order valence-corrected chi connectivity index (χ4v) is 5.60. The molecule has 12 heteroatoms. The zero-order valence-electron chi connectivity index (χ0n) is 22.0.